The molecule has 1 N–H and O–H groups in total. The molecule has 4 aromatic rings. The third kappa shape index (κ3) is 3.92. The number of hydrogen-bond donors (Lipinski definition) is 1. The second-order valence-corrected chi connectivity index (χ2v) is 9.00. The second-order valence-electron chi connectivity index (χ2n) is 9.00. The van der Waals surface area contributed by atoms with Crippen molar-refractivity contribution < 1.29 is 14.1 Å². The lowest BCUT2D eigenvalue weighted by atomic mass is 10.0. The average molecular weight is 455 g/mol. The lowest BCUT2D eigenvalue weighted by Crippen LogP contribution is -2.36. The van der Waals surface area contributed by atoms with Gasteiger partial charge in [0.2, 0.25) is 0 Å². The number of hydrogen-bond acceptors (Lipinski definition) is 6. The van der Waals surface area contributed by atoms with Crippen molar-refractivity contribution >= 4 is 28.4 Å². The van der Waals surface area contributed by atoms with Crippen LogP contribution in [0.25, 0.3) is 22.4 Å². The molecule has 0 unspecified atom stereocenters. The molecule has 0 spiro atoms. The summed E-state index contributed by atoms with van der Waals surface area (Å²) >= 11 is 0. The van der Waals surface area contributed by atoms with E-state index in [2.05, 4.69) is 32.5 Å². The molecule has 0 atom stereocenters. The van der Waals surface area contributed by atoms with Crippen LogP contribution in [0.15, 0.2) is 59.1 Å². The number of anilines is 2. The predicted molar refractivity (Wildman–Crippen MR) is 131 cm³/mol. The molecule has 2 aromatic carbocycles. The third-order valence-corrected chi connectivity index (χ3v) is 6.59. The lowest BCUT2D eigenvalue weighted by molar-refractivity contribution is 0.102. The van der Waals surface area contributed by atoms with Gasteiger partial charge >= 0.3 is 0 Å². The van der Waals surface area contributed by atoms with Gasteiger partial charge in [0.05, 0.1) is 24.2 Å². The molecule has 1 amide bonds. The van der Waals surface area contributed by atoms with Crippen LogP contribution in [0.2, 0.25) is 0 Å². The molecule has 6 rings (SSSR count). The number of pyridine rings is 1. The summed E-state index contributed by atoms with van der Waals surface area (Å²) in [5, 5.41) is 8.06. The Hall–Kier alpha value is -3.71. The van der Waals surface area contributed by atoms with Crippen LogP contribution in [-0.2, 0) is 4.74 Å². The minimum Gasteiger partial charge on any atom is -0.378 e. The zero-order valence-corrected chi connectivity index (χ0v) is 19.1. The Balaban J connectivity index is 1.36. The van der Waals surface area contributed by atoms with Crippen LogP contribution in [-0.4, -0.2) is 42.4 Å². The topological polar surface area (TPSA) is 80.5 Å². The van der Waals surface area contributed by atoms with Crippen molar-refractivity contribution in [3.63, 3.8) is 0 Å². The number of carbonyl (C=O) groups excluding carboxylic acids is 1. The van der Waals surface area contributed by atoms with Crippen LogP contribution in [0.1, 0.15) is 40.4 Å². The largest absolute Gasteiger partial charge is 0.378 e. The number of rotatable bonds is 5. The van der Waals surface area contributed by atoms with Gasteiger partial charge in [0.15, 0.2) is 0 Å². The highest BCUT2D eigenvalue weighted by atomic mass is 16.5. The Morgan fingerprint density at radius 2 is 1.85 bits per heavy atom. The van der Waals surface area contributed by atoms with Gasteiger partial charge in [-0.3, -0.25) is 4.79 Å². The number of aryl methyl sites for hydroxylation is 1. The van der Waals surface area contributed by atoms with Gasteiger partial charge in [0.25, 0.3) is 11.6 Å². The number of nitrogens with zero attached hydrogens (tertiary/aromatic N) is 3. The van der Waals surface area contributed by atoms with Gasteiger partial charge in [-0.05, 0) is 49.6 Å². The Kier molecular flexibility index (Phi) is 5.26. The van der Waals surface area contributed by atoms with Crippen LogP contribution in [0.5, 0.6) is 0 Å². The molecule has 7 nitrogen and oxygen atoms in total. The number of aromatic nitrogens is 2. The van der Waals surface area contributed by atoms with E-state index in [0.29, 0.717) is 28.3 Å². The first-order chi connectivity index (χ1) is 16.7. The first-order valence-corrected chi connectivity index (χ1v) is 11.8. The fourth-order valence-corrected chi connectivity index (χ4v) is 4.53. The maximum absolute atomic E-state index is 13.6. The summed E-state index contributed by atoms with van der Waals surface area (Å²) in [6, 6.07) is 17.8. The van der Waals surface area contributed by atoms with Gasteiger partial charge in [-0.25, -0.2) is 4.98 Å². The monoisotopic (exact) mass is 454 g/mol. The fraction of sp³-hybridized carbons (Fsp3) is 0.296. The summed E-state index contributed by atoms with van der Waals surface area (Å²) in [5.74, 6) is 0.202. The van der Waals surface area contributed by atoms with Crippen molar-refractivity contribution in [2.24, 2.45) is 0 Å². The van der Waals surface area contributed by atoms with Crippen molar-refractivity contribution in [1.82, 2.24) is 10.1 Å². The quantitative estimate of drug-likeness (QED) is 0.448. The van der Waals surface area contributed by atoms with Gasteiger partial charge in [0, 0.05) is 41.6 Å². The highest BCUT2D eigenvalue weighted by molar-refractivity contribution is 6.15. The molecule has 34 heavy (non-hydrogen) atoms. The molecule has 2 aliphatic rings. The summed E-state index contributed by atoms with van der Waals surface area (Å²) < 4.78 is 11.1. The lowest BCUT2D eigenvalue weighted by Gasteiger charge is -2.29. The molecule has 2 aromatic heterocycles. The molecule has 2 fully saturated rings. The summed E-state index contributed by atoms with van der Waals surface area (Å²) in [4.78, 5) is 20.6. The van der Waals surface area contributed by atoms with E-state index in [0.717, 1.165) is 67.3 Å². The van der Waals surface area contributed by atoms with Gasteiger partial charge < -0.3 is 19.5 Å². The number of fused-ring (bicyclic) bond motifs is 1. The van der Waals surface area contributed by atoms with Crippen molar-refractivity contribution in [2.75, 3.05) is 36.5 Å². The minimum atomic E-state index is -0.183. The molecule has 1 saturated heterocycles. The smallest absolute Gasteiger partial charge is 0.259 e. The molecule has 3 heterocycles. The number of amides is 1. The Bertz CT molecular complexity index is 1360. The van der Waals surface area contributed by atoms with Crippen LogP contribution < -0.4 is 10.2 Å². The van der Waals surface area contributed by atoms with Crippen LogP contribution in [0.3, 0.4) is 0 Å². The molecule has 1 saturated carbocycles. The third-order valence-electron chi connectivity index (χ3n) is 6.59. The van der Waals surface area contributed by atoms with E-state index in [-0.39, 0.29) is 5.91 Å². The van der Waals surface area contributed by atoms with Crippen LogP contribution in [0, 0.1) is 6.92 Å². The zero-order chi connectivity index (χ0) is 23.1. The van der Waals surface area contributed by atoms with E-state index in [1.165, 1.54) is 0 Å². The van der Waals surface area contributed by atoms with Gasteiger partial charge in [-0.15, -0.1) is 0 Å². The van der Waals surface area contributed by atoms with Crippen molar-refractivity contribution in [3.05, 3.63) is 71.4 Å². The predicted octanol–water partition coefficient (Wildman–Crippen LogP) is 5.16. The van der Waals surface area contributed by atoms with Gasteiger partial charge in [-0.1, -0.05) is 35.5 Å². The molecular weight excluding hydrogens is 428 g/mol. The summed E-state index contributed by atoms with van der Waals surface area (Å²) in [5.41, 5.74) is 6.32. The number of morpholine rings is 1. The Morgan fingerprint density at radius 3 is 2.59 bits per heavy atom. The Labute approximate surface area is 197 Å². The second kappa shape index (κ2) is 8.57. The number of benzene rings is 2. The first kappa shape index (κ1) is 20.9. The fourth-order valence-electron chi connectivity index (χ4n) is 4.53. The highest BCUT2D eigenvalue weighted by Gasteiger charge is 2.29. The molecule has 1 aliphatic carbocycles. The average Bonchev–Trinajstić information content (AvgIpc) is 3.64. The van der Waals surface area contributed by atoms with E-state index in [1.807, 2.05) is 49.4 Å². The van der Waals surface area contributed by atoms with E-state index in [4.69, 9.17) is 9.26 Å². The van der Waals surface area contributed by atoms with Crippen LogP contribution >= 0.6 is 0 Å². The summed E-state index contributed by atoms with van der Waals surface area (Å²) in [6.45, 7) is 5.24. The number of ether oxygens (including phenoxy) is 1. The first-order valence-electron chi connectivity index (χ1n) is 11.8. The van der Waals surface area contributed by atoms with E-state index >= 15 is 0 Å². The molecule has 7 heteroatoms. The normalized spacial score (nSPS) is 16.1. The van der Waals surface area contributed by atoms with Crippen molar-refractivity contribution in [2.45, 2.75) is 25.7 Å². The van der Waals surface area contributed by atoms with Gasteiger partial charge in [0.1, 0.15) is 5.69 Å². The maximum atomic E-state index is 13.6. The Morgan fingerprint density at radius 1 is 1.06 bits per heavy atom. The molecular formula is C27H26N4O3. The summed E-state index contributed by atoms with van der Waals surface area (Å²) in [6.07, 6.45) is 2.17. The standard InChI is InChI=1S/C27H26N4O3/c1-17-15-20(31-11-13-33-14-12-31)9-10-22(17)28-26(32)21-16-23(18-7-8-18)29-27-24(21)25(30-34-27)19-5-3-2-4-6-19/h2-6,9-10,15-16,18H,7-8,11-14H2,1H3,(H,28,32). The molecule has 0 bridgehead atoms. The minimum absolute atomic E-state index is 0.183. The number of carbonyl (C=O) groups is 1. The zero-order valence-electron chi connectivity index (χ0n) is 19.1. The van der Waals surface area contributed by atoms with Crippen molar-refractivity contribution in [1.29, 1.82) is 0 Å². The molecule has 0 radical (unpaired) electrons. The van der Waals surface area contributed by atoms with Crippen molar-refractivity contribution in [3.8, 4) is 11.3 Å². The molecule has 1 aliphatic heterocycles. The SMILES string of the molecule is Cc1cc(N2CCOCC2)ccc1NC(=O)c1cc(C2CC2)nc2onc(-c3ccccc3)c12. The van der Waals surface area contributed by atoms with E-state index in [1.54, 1.807) is 0 Å². The maximum Gasteiger partial charge on any atom is 0.259 e. The van der Waals surface area contributed by atoms with E-state index in [9.17, 15) is 4.79 Å². The molecule has 172 valence electrons. The van der Waals surface area contributed by atoms with Gasteiger partial charge in [-0.2, -0.15) is 0 Å². The highest BCUT2D eigenvalue weighted by Crippen LogP contribution is 2.41. The van der Waals surface area contributed by atoms with E-state index < -0.39 is 0 Å². The summed E-state index contributed by atoms with van der Waals surface area (Å²) in [7, 11) is 0. The number of nitrogens with one attached hydrogen (secondary N) is 1. The van der Waals surface area contributed by atoms with Crippen LogP contribution in [0.4, 0.5) is 11.4 Å².